The minimum absolute atomic E-state index is 0.0655. The normalized spacial score (nSPS) is 20.9. The molecule has 2 heterocycles. The van der Waals surface area contributed by atoms with Gasteiger partial charge in [-0.2, -0.15) is 4.31 Å². The number of aromatic nitrogens is 1. The highest BCUT2D eigenvalue weighted by Gasteiger charge is 2.38. The molecule has 202 valence electrons. The van der Waals surface area contributed by atoms with E-state index >= 15 is 0 Å². The van der Waals surface area contributed by atoms with Crippen LogP contribution in [-0.4, -0.2) is 73.2 Å². The summed E-state index contributed by atoms with van der Waals surface area (Å²) in [7, 11) is -1.69. The number of pyridine rings is 1. The Morgan fingerprint density at radius 1 is 1.30 bits per heavy atom. The molecule has 0 aliphatic carbocycles. The smallest absolute Gasteiger partial charge is 0.226 e. The molecule has 9 heteroatoms. The molecule has 0 radical (unpaired) electrons. The molecule has 0 saturated heterocycles. The van der Waals surface area contributed by atoms with Gasteiger partial charge in [-0.1, -0.05) is 38.7 Å². The van der Waals surface area contributed by atoms with Crippen LogP contribution in [0.4, 0.5) is 0 Å². The maximum Gasteiger partial charge on any atom is 0.226 e. The zero-order chi connectivity index (χ0) is 27.2. The summed E-state index contributed by atoms with van der Waals surface area (Å²) < 4.78 is 30.6. The van der Waals surface area contributed by atoms with Crippen LogP contribution in [-0.2, 0) is 11.2 Å². The predicted octanol–water partition coefficient (Wildman–Crippen LogP) is 4.28. The van der Waals surface area contributed by atoms with Crippen LogP contribution in [0.15, 0.2) is 47.6 Å². The third-order valence-corrected chi connectivity index (χ3v) is 8.49. The quantitative estimate of drug-likeness (QED) is 0.460. The van der Waals surface area contributed by atoms with Gasteiger partial charge in [0.2, 0.25) is 5.91 Å². The van der Waals surface area contributed by atoms with Gasteiger partial charge in [0, 0.05) is 49.9 Å². The van der Waals surface area contributed by atoms with E-state index in [1.165, 1.54) is 0 Å². The Kier molecular flexibility index (Phi) is 9.99. The molecule has 8 nitrogen and oxygen atoms in total. The van der Waals surface area contributed by atoms with Crippen molar-refractivity contribution in [2.24, 2.45) is 11.8 Å². The Balaban J connectivity index is 1.93. The van der Waals surface area contributed by atoms with Crippen LogP contribution in [0.5, 0.6) is 5.75 Å². The van der Waals surface area contributed by atoms with Crippen LogP contribution in [0.3, 0.4) is 0 Å². The number of carbonyl (C=O) groups is 1. The minimum Gasteiger partial charge on any atom is -0.486 e. The van der Waals surface area contributed by atoms with Crippen molar-refractivity contribution in [3.8, 4) is 17.6 Å². The summed E-state index contributed by atoms with van der Waals surface area (Å²) in [5.41, 5.74) is 1.54. The number of benzene rings is 1. The van der Waals surface area contributed by atoms with E-state index in [0.717, 1.165) is 12.0 Å². The van der Waals surface area contributed by atoms with Crippen molar-refractivity contribution < 1.29 is 23.7 Å². The van der Waals surface area contributed by atoms with Gasteiger partial charge in [0.05, 0.1) is 19.6 Å². The van der Waals surface area contributed by atoms with E-state index in [0.29, 0.717) is 23.8 Å². The number of amides is 1. The number of nitrogens with zero attached hydrogens (tertiary/aromatic N) is 3. The fourth-order valence-corrected chi connectivity index (χ4v) is 5.99. The predicted molar refractivity (Wildman–Crippen MR) is 146 cm³/mol. The summed E-state index contributed by atoms with van der Waals surface area (Å²) in [6.07, 6.45) is 3.90. The van der Waals surface area contributed by atoms with Crippen LogP contribution in [0, 0.1) is 23.7 Å². The first-order valence-corrected chi connectivity index (χ1v) is 14.1. The molecule has 1 aliphatic heterocycles. The summed E-state index contributed by atoms with van der Waals surface area (Å²) >= 11 is 0. The monoisotopic (exact) mass is 529 g/mol. The number of fused-ring (bicyclic) bond motifs is 1. The van der Waals surface area contributed by atoms with Crippen LogP contribution in [0.2, 0.25) is 0 Å². The average molecular weight is 530 g/mol. The van der Waals surface area contributed by atoms with Crippen molar-refractivity contribution in [1.29, 1.82) is 0 Å². The topological polar surface area (TPSA) is 106 Å². The van der Waals surface area contributed by atoms with Crippen LogP contribution in [0.25, 0.3) is 0 Å². The lowest BCUT2D eigenvalue weighted by Crippen LogP contribution is -2.48. The van der Waals surface area contributed by atoms with E-state index in [1.807, 2.05) is 13.0 Å². The molecule has 1 aromatic carbocycles. The second-order valence-electron chi connectivity index (χ2n) is 10.2. The Morgan fingerprint density at radius 2 is 2.05 bits per heavy atom. The number of hydrogen-bond acceptors (Lipinski definition) is 7. The molecule has 0 fully saturated rings. The molecule has 0 saturated carbocycles. The number of aliphatic hydroxyl groups excluding tert-OH is 1. The molecular formula is C28H39N3O5S. The maximum absolute atomic E-state index is 12.9. The molecule has 1 aromatic heterocycles. The van der Waals surface area contributed by atoms with E-state index in [9.17, 15) is 19.0 Å². The van der Waals surface area contributed by atoms with Gasteiger partial charge in [-0.25, -0.2) is 0 Å². The molecular weight excluding hydrogens is 490 g/mol. The lowest BCUT2D eigenvalue weighted by molar-refractivity contribution is -0.130. The van der Waals surface area contributed by atoms with Crippen LogP contribution < -0.4 is 4.74 Å². The van der Waals surface area contributed by atoms with Gasteiger partial charge in [-0.3, -0.25) is 18.9 Å². The summed E-state index contributed by atoms with van der Waals surface area (Å²) in [6, 6.07) is 8.32. The SMILES string of the molecule is CC(C)CC#Cc1ccc2c(c1)O[C@@H](CN(C)C(=O)Cc1cccnc1)[C@H](C)CN([C@H](C)CO)S2(O)O. The lowest BCUT2D eigenvalue weighted by Gasteiger charge is -2.49. The van der Waals surface area contributed by atoms with Crippen molar-refractivity contribution in [1.82, 2.24) is 14.2 Å². The first kappa shape index (κ1) is 29.0. The van der Waals surface area contributed by atoms with Gasteiger partial charge in [-0.05, 0) is 42.7 Å². The van der Waals surface area contributed by atoms with Gasteiger partial charge in [0.1, 0.15) is 16.7 Å². The fraction of sp³-hybridized carbons (Fsp3) is 0.500. The van der Waals surface area contributed by atoms with Gasteiger partial charge in [-0.15, -0.1) is 10.8 Å². The maximum atomic E-state index is 12.9. The molecule has 3 N–H and O–H groups in total. The third-order valence-electron chi connectivity index (χ3n) is 6.40. The van der Waals surface area contributed by atoms with Crippen molar-refractivity contribution in [2.75, 3.05) is 26.7 Å². The van der Waals surface area contributed by atoms with Gasteiger partial charge in [0.25, 0.3) is 0 Å². The Bertz CT molecular complexity index is 1120. The van der Waals surface area contributed by atoms with Crippen LogP contribution >= 0.6 is 10.8 Å². The van der Waals surface area contributed by atoms with Crippen LogP contribution in [0.1, 0.15) is 45.2 Å². The molecule has 0 spiro atoms. The van der Waals surface area contributed by atoms with E-state index in [2.05, 4.69) is 30.7 Å². The first-order valence-electron chi connectivity index (χ1n) is 12.6. The van der Waals surface area contributed by atoms with Gasteiger partial charge in [0.15, 0.2) is 0 Å². The molecule has 1 aliphatic rings. The third kappa shape index (κ3) is 7.46. The second kappa shape index (κ2) is 12.8. The van der Waals surface area contributed by atoms with Gasteiger partial charge < -0.3 is 14.7 Å². The molecule has 37 heavy (non-hydrogen) atoms. The number of ether oxygens (including phenoxy) is 1. The van der Waals surface area contributed by atoms with Crippen molar-refractivity contribution in [3.63, 3.8) is 0 Å². The highest BCUT2D eigenvalue weighted by atomic mass is 32.3. The van der Waals surface area contributed by atoms with E-state index in [-0.39, 0.29) is 36.3 Å². The Hall–Kier alpha value is -2.61. The zero-order valence-corrected chi connectivity index (χ0v) is 23.1. The second-order valence-corrected chi connectivity index (χ2v) is 12.1. The Morgan fingerprint density at radius 3 is 2.70 bits per heavy atom. The fourth-order valence-electron chi connectivity index (χ4n) is 4.10. The number of carbonyl (C=O) groups excluding carboxylic acids is 1. The van der Waals surface area contributed by atoms with Crippen molar-refractivity contribution in [3.05, 3.63) is 53.9 Å². The highest BCUT2D eigenvalue weighted by molar-refractivity contribution is 8.22. The number of aliphatic hydroxyl groups is 1. The molecule has 0 bridgehead atoms. The van der Waals surface area contributed by atoms with E-state index < -0.39 is 22.9 Å². The number of hydrogen-bond donors (Lipinski definition) is 3. The van der Waals surface area contributed by atoms with E-state index in [1.54, 1.807) is 59.8 Å². The largest absolute Gasteiger partial charge is 0.486 e. The molecule has 0 unspecified atom stereocenters. The standard InChI is InChI=1S/C28H39N3O5S/c1-20(2)8-6-9-23-11-12-27-25(14-23)36-26(21(3)17-31(22(4)19-32)37(27,34)35)18-30(5)28(33)15-24-10-7-13-29-16-24/h7,10-14,16,20-22,26,32,34-35H,8,15,17-19H2,1-5H3/t21-,22-,26+/m1/s1. The minimum atomic E-state index is -3.43. The molecule has 1 amide bonds. The van der Waals surface area contributed by atoms with Gasteiger partial charge >= 0.3 is 0 Å². The summed E-state index contributed by atoms with van der Waals surface area (Å²) in [5, 5.41) is 9.87. The Labute approximate surface area is 222 Å². The number of likely N-dealkylation sites (N-methyl/N-ethyl adjacent to an activating group) is 1. The molecule has 2 aromatic rings. The molecule has 3 rings (SSSR count). The zero-order valence-electron chi connectivity index (χ0n) is 22.3. The van der Waals surface area contributed by atoms with Crippen molar-refractivity contribution >= 4 is 16.7 Å². The highest BCUT2D eigenvalue weighted by Crippen LogP contribution is 2.57. The lowest BCUT2D eigenvalue weighted by atomic mass is 10.0. The van der Waals surface area contributed by atoms with E-state index in [4.69, 9.17) is 4.74 Å². The van der Waals surface area contributed by atoms with Crippen molar-refractivity contribution in [2.45, 2.75) is 57.6 Å². The first-order chi connectivity index (χ1) is 17.5. The number of rotatable bonds is 7. The summed E-state index contributed by atoms with van der Waals surface area (Å²) in [6.45, 7) is 8.26. The average Bonchev–Trinajstić information content (AvgIpc) is 2.86. The molecule has 3 atom stereocenters. The summed E-state index contributed by atoms with van der Waals surface area (Å²) in [4.78, 5) is 18.9. The summed E-state index contributed by atoms with van der Waals surface area (Å²) in [5.74, 6) is 6.82.